The first kappa shape index (κ1) is 17.6. The van der Waals surface area contributed by atoms with Gasteiger partial charge in [0.2, 0.25) is 0 Å². The zero-order valence-corrected chi connectivity index (χ0v) is 11.5. The maximum absolute atomic E-state index is 12.5. The number of alkyl halides is 3. The van der Waals surface area contributed by atoms with E-state index >= 15 is 0 Å². The monoisotopic (exact) mass is 301 g/mol. The third-order valence-electron chi connectivity index (χ3n) is 2.59. The molecule has 0 saturated carbocycles. The molecule has 0 aromatic heterocycles. The molecule has 0 aliphatic carbocycles. The smallest absolute Gasteiger partial charge is 0.324 e. The van der Waals surface area contributed by atoms with Crippen molar-refractivity contribution in [1.82, 2.24) is 0 Å². The maximum Gasteiger partial charge on any atom is 0.416 e. The molecule has 18 heavy (non-hydrogen) atoms. The normalized spacial score (nSPS) is 13.0. The first-order valence-electron chi connectivity index (χ1n) is 5.48. The Morgan fingerprint density at radius 3 is 2.44 bits per heavy atom. The number of hydrogen-bond acceptors (Lipinski definition) is 1. The lowest BCUT2D eigenvalue weighted by molar-refractivity contribution is -0.137. The molecular formula is C12H16Cl2F3N. The number of unbranched alkanes of at least 4 members (excludes halogenated alkanes) is 1. The maximum atomic E-state index is 12.5. The Hall–Kier alpha value is -0.450. The van der Waals surface area contributed by atoms with E-state index in [1.165, 1.54) is 6.07 Å². The molecule has 0 radical (unpaired) electrons. The van der Waals surface area contributed by atoms with Crippen LogP contribution in [0.3, 0.4) is 0 Å². The van der Waals surface area contributed by atoms with Gasteiger partial charge in [0.1, 0.15) is 0 Å². The summed E-state index contributed by atoms with van der Waals surface area (Å²) in [6.07, 6.45) is -1.90. The van der Waals surface area contributed by atoms with E-state index < -0.39 is 17.8 Å². The van der Waals surface area contributed by atoms with Gasteiger partial charge in [-0.2, -0.15) is 13.2 Å². The minimum atomic E-state index is -4.36. The van der Waals surface area contributed by atoms with E-state index in [-0.39, 0.29) is 12.4 Å². The van der Waals surface area contributed by atoms with Crippen molar-refractivity contribution >= 4 is 24.0 Å². The molecule has 1 aromatic rings. The van der Waals surface area contributed by atoms with Crippen molar-refractivity contribution in [3.05, 3.63) is 34.3 Å². The van der Waals surface area contributed by atoms with Crippen LogP contribution in [0.1, 0.15) is 43.4 Å². The third kappa shape index (κ3) is 4.67. The highest BCUT2D eigenvalue weighted by Crippen LogP contribution is 2.34. The molecule has 1 rings (SSSR count). The highest BCUT2D eigenvalue weighted by atomic mass is 35.5. The van der Waals surface area contributed by atoms with E-state index in [0.717, 1.165) is 25.0 Å². The summed E-state index contributed by atoms with van der Waals surface area (Å²) >= 11 is 5.87. The van der Waals surface area contributed by atoms with Crippen molar-refractivity contribution in [3.8, 4) is 0 Å². The second-order valence-electron chi connectivity index (χ2n) is 3.98. The van der Waals surface area contributed by atoms with Gasteiger partial charge in [0, 0.05) is 11.1 Å². The average Bonchev–Trinajstić information content (AvgIpc) is 2.24. The summed E-state index contributed by atoms with van der Waals surface area (Å²) in [5.41, 5.74) is 5.51. The Morgan fingerprint density at radius 2 is 1.94 bits per heavy atom. The van der Waals surface area contributed by atoms with E-state index in [1.807, 2.05) is 6.92 Å². The van der Waals surface area contributed by atoms with Crippen LogP contribution in [0.5, 0.6) is 0 Å². The van der Waals surface area contributed by atoms with Crippen molar-refractivity contribution in [3.63, 3.8) is 0 Å². The summed E-state index contributed by atoms with van der Waals surface area (Å²) in [4.78, 5) is 0. The topological polar surface area (TPSA) is 26.0 Å². The van der Waals surface area contributed by atoms with Crippen LogP contribution >= 0.6 is 24.0 Å². The van der Waals surface area contributed by atoms with Crippen LogP contribution in [0.2, 0.25) is 5.02 Å². The molecular weight excluding hydrogens is 286 g/mol. The van der Waals surface area contributed by atoms with Crippen LogP contribution in [0, 0.1) is 0 Å². The molecule has 0 unspecified atom stereocenters. The Balaban J connectivity index is 0.00000289. The highest BCUT2D eigenvalue weighted by Gasteiger charge is 2.31. The fraction of sp³-hybridized carbons (Fsp3) is 0.500. The number of rotatable bonds is 4. The van der Waals surface area contributed by atoms with Gasteiger partial charge in [-0.3, -0.25) is 0 Å². The van der Waals surface area contributed by atoms with Crippen LogP contribution in [-0.2, 0) is 6.18 Å². The number of hydrogen-bond donors (Lipinski definition) is 1. The molecule has 0 bridgehead atoms. The average molecular weight is 302 g/mol. The summed E-state index contributed by atoms with van der Waals surface area (Å²) < 4.78 is 37.6. The van der Waals surface area contributed by atoms with Crippen LogP contribution in [-0.4, -0.2) is 0 Å². The SMILES string of the molecule is CCCC[C@@H](N)c1cc(C(F)(F)F)ccc1Cl.Cl. The molecule has 2 N–H and O–H groups in total. The first-order chi connectivity index (χ1) is 7.86. The molecule has 104 valence electrons. The molecule has 1 aromatic carbocycles. The van der Waals surface area contributed by atoms with Crippen molar-refractivity contribution < 1.29 is 13.2 Å². The zero-order valence-electron chi connectivity index (χ0n) is 9.93. The molecule has 0 spiro atoms. The molecule has 6 heteroatoms. The van der Waals surface area contributed by atoms with Crippen molar-refractivity contribution in [2.45, 2.75) is 38.4 Å². The fourth-order valence-corrected chi connectivity index (χ4v) is 1.84. The van der Waals surface area contributed by atoms with E-state index in [1.54, 1.807) is 0 Å². The minimum absolute atomic E-state index is 0. The molecule has 1 atom stereocenters. The van der Waals surface area contributed by atoms with Gasteiger partial charge in [0.25, 0.3) is 0 Å². The van der Waals surface area contributed by atoms with Crippen LogP contribution in [0.4, 0.5) is 13.2 Å². The standard InChI is InChI=1S/C12H15ClF3N.ClH/c1-2-3-4-11(17)9-7-8(12(14,15)16)5-6-10(9)13;/h5-7,11H,2-4,17H2,1H3;1H/t11-;/m1./s1. The Morgan fingerprint density at radius 1 is 1.33 bits per heavy atom. The van der Waals surface area contributed by atoms with Crippen LogP contribution in [0.25, 0.3) is 0 Å². The molecule has 0 saturated heterocycles. The minimum Gasteiger partial charge on any atom is -0.324 e. The first-order valence-corrected chi connectivity index (χ1v) is 5.86. The van der Waals surface area contributed by atoms with E-state index in [9.17, 15) is 13.2 Å². The van der Waals surface area contributed by atoms with Crippen molar-refractivity contribution in [1.29, 1.82) is 0 Å². The number of halogens is 5. The van der Waals surface area contributed by atoms with Gasteiger partial charge in [-0.25, -0.2) is 0 Å². The molecule has 0 aliphatic rings. The van der Waals surface area contributed by atoms with E-state index in [2.05, 4.69) is 0 Å². The van der Waals surface area contributed by atoms with Crippen LogP contribution in [0.15, 0.2) is 18.2 Å². The van der Waals surface area contributed by atoms with E-state index in [4.69, 9.17) is 17.3 Å². The Kier molecular flexibility index (Phi) is 7.04. The molecule has 0 amide bonds. The lowest BCUT2D eigenvalue weighted by Crippen LogP contribution is -2.13. The summed E-state index contributed by atoms with van der Waals surface area (Å²) in [6.45, 7) is 2.00. The fourth-order valence-electron chi connectivity index (χ4n) is 1.58. The third-order valence-corrected chi connectivity index (χ3v) is 2.94. The quantitative estimate of drug-likeness (QED) is 0.835. The number of benzene rings is 1. The van der Waals surface area contributed by atoms with Gasteiger partial charge in [0.15, 0.2) is 0 Å². The Bertz CT molecular complexity index is 380. The largest absolute Gasteiger partial charge is 0.416 e. The zero-order chi connectivity index (χ0) is 13.1. The predicted octanol–water partition coefficient (Wildman–Crippen LogP) is 4.97. The van der Waals surface area contributed by atoms with Gasteiger partial charge in [0.05, 0.1) is 5.56 Å². The van der Waals surface area contributed by atoms with Crippen molar-refractivity contribution in [2.75, 3.05) is 0 Å². The summed E-state index contributed by atoms with van der Waals surface area (Å²) in [7, 11) is 0. The summed E-state index contributed by atoms with van der Waals surface area (Å²) in [5, 5.41) is 0.293. The number of nitrogens with two attached hydrogens (primary N) is 1. The summed E-state index contributed by atoms with van der Waals surface area (Å²) in [6, 6.07) is 2.83. The van der Waals surface area contributed by atoms with Crippen LogP contribution < -0.4 is 5.73 Å². The van der Waals surface area contributed by atoms with Gasteiger partial charge in [-0.1, -0.05) is 31.4 Å². The van der Waals surface area contributed by atoms with E-state index in [0.29, 0.717) is 17.0 Å². The van der Waals surface area contributed by atoms with Gasteiger partial charge >= 0.3 is 6.18 Å². The Labute approximate surface area is 116 Å². The lowest BCUT2D eigenvalue weighted by atomic mass is 10.00. The van der Waals surface area contributed by atoms with Gasteiger partial charge in [-0.15, -0.1) is 12.4 Å². The second-order valence-corrected chi connectivity index (χ2v) is 4.39. The second kappa shape index (κ2) is 7.22. The lowest BCUT2D eigenvalue weighted by Gasteiger charge is -2.15. The summed E-state index contributed by atoms with van der Waals surface area (Å²) in [5.74, 6) is 0. The van der Waals surface area contributed by atoms with Gasteiger partial charge in [-0.05, 0) is 30.2 Å². The highest BCUT2D eigenvalue weighted by molar-refractivity contribution is 6.31. The molecule has 0 aliphatic heterocycles. The molecule has 0 heterocycles. The molecule has 0 fully saturated rings. The molecule has 1 nitrogen and oxygen atoms in total. The van der Waals surface area contributed by atoms with Gasteiger partial charge < -0.3 is 5.73 Å². The van der Waals surface area contributed by atoms with Crippen molar-refractivity contribution in [2.24, 2.45) is 5.73 Å². The predicted molar refractivity (Wildman–Crippen MR) is 70.2 cm³/mol.